The van der Waals surface area contributed by atoms with Gasteiger partial charge in [0.25, 0.3) is 0 Å². The van der Waals surface area contributed by atoms with Gasteiger partial charge in [0.05, 0.1) is 20.8 Å². The highest BCUT2D eigenvalue weighted by molar-refractivity contribution is 7.09. The number of nitrogens with zero attached hydrogens (tertiary/aromatic N) is 2. The van der Waals surface area contributed by atoms with Crippen molar-refractivity contribution in [3.8, 4) is 5.75 Å². The van der Waals surface area contributed by atoms with Crippen LogP contribution in [0.15, 0.2) is 29.6 Å². The first kappa shape index (κ1) is 20.7. The molecule has 0 unspecified atom stereocenters. The number of hydrogen-bond donors (Lipinski definition) is 1. The number of rotatable bonds is 8. The topological polar surface area (TPSA) is 80.8 Å². The molecule has 27 heavy (non-hydrogen) atoms. The fourth-order valence-corrected chi connectivity index (χ4v) is 3.07. The Morgan fingerprint density at radius 3 is 2.52 bits per heavy atom. The van der Waals surface area contributed by atoms with Gasteiger partial charge in [-0.3, -0.25) is 0 Å². The van der Waals surface area contributed by atoms with Crippen LogP contribution in [0.5, 0.6) is 5.75 Å². The van der Waals surface area contributed by atoms with Crippen molar-refractivity contribution in [2.24, 2.45) is 5.92 Å². The summed E-state index contributed by atoms with van der Waals surface area (Å²) >= 11 is 1.33. The van der Waals surface area contributed by atoms with Crippen LogP contribution in [0.4, 0.5) is 10.5 Å². The van der Waals surface area contributed by atoms with Gasteiger partial charge >= 0.3 is 12.0 Å². The summed E-state index contributed by atoms with van der Waals surface area (Å²) in [5, 5.41) is 5.22. The molecular weight excluding hydrogens is 366 g/mol. The maximum atomic E-state index is 12.7. The summed E-state index contributed by atoms with van der Waals surface area (Å²) in [4.78, 5) is 30.3. The lowest BCUT2D eigenvalue weighted by Crippen LogP contribution is -2.35. The minimum absolute atomic E-state index is 0.212. The number of methoxy groups -OCH3 is 2. The summed E-state index contributed by atoms with van der Waals surface area (Å²) in [7, 11) is 2.91. The van der Waals surface area contributed by atoms with Crippen molar-refractivity contribution in [1.29, 1.82) is 0 Å². The summed E-state index contributed by atoms with van der Waals surface area (Å²) < 4.78 is 9.81. The number of ether oxygens (including phenoxy) is 2. The zero-order valence-electron chi connectivity index (χ0n) is 16.0. The molecule has 0 aliphatic heterocycles. The molecule has 1 aromatic heterocycles. The van der Waals surface area contributed by atoms with Crippen LogP contribution in [0, 0.1) is 5.92 Å². The molecule has 1 N–H and O–H groups in total. The third kappa shape index (κ3) is 6.25. The quantitative estimate of drug-likeness (QED) is 0.688. The zero-order chi connectivity index (χ0) is 19.8. The van der Waals surface area contributed by atoms with Gasteiger partial charge in [-0.15, -0.1) is 11.3 Å². The van der Waals surface area contributed by atoms with Gasteiger partial charge < -0.3 is 19.7 Å². The summed E-state index contributed by atoms with van der Waals surface area (Å²) in [5.74, 6) is 0.708. The summed E-state index contributed by atoms with van der Waals surface area (Å²) in [6.07, 6.45) is 0.866. The molecule has 146 valence electrons. The van der Waals surface area contributed by atoms with Crippen molar-refractivity contribution in [1.82, 2.24) is 9.88 Å². The molecule has 8 heteroatoms. The van der Waals surface area contributed by atoms with E-state index in [2.05, 4.69) is 28.9 Å². The monoisotopic (exact) mass is 391 g/mol. The molecule has 0 atom stereocenters. The van der Waals surface area contributed by atoms with Crippen LogP contribution in [0.2, 0.25) is 0 Å². The number of urea groups is 1. The average molecular weight is 391 g/mol. The molecular formula is C19H25N3O4S. The predicted octanol–water partition coefficient (Wildman–Crippen LogP) is 4.02. The number of esters is 1. The normalized spacial score (nSPS) is 10.6. The average Bonchev–Trinajstić information content (AvgIpc) is 3.13. The molecule has 0 saturated carbocycles. The molecule has 0 radical (unpaired) electrons. The van der Waals surface area contributed by atoms with Gasteiger partial charge in [0, 0.05) is 17.6 Å². The number of anilines is 1. The van der Waals surface area contributed by atoms with E-state index in [9.17, 15) is 9.59 Å². The number of hydrogen-bond acceptors (Lipinski definition) is 6. The van der Waals surface area contributed by atoms with E-state index in [-0.39, 0.29) is 11.7 Å². The van der Waals surface area contributed by atoms with E-state index in [4.69, 9.17) is 4.74 Å². The second kappa shape index (κ2) is 9.91. The third-order valence-electron chi connectivity index (χ3n) is 3.88. The third-order valence-corrected chi connectivity index (χ3v) is 4.71. The van der Waals surface area contributed by atoms with Gasteiger partial charge in [0.1, 0.15) is 10.8 Å². The highest BCUT2D eigenvalue weighted by Crippen LogP contribution is 2.18. The predicted molar refractivity (Wildman–Crippen MR) is 105 cm³/mol. The Kier molecular flexibility index (Phi) is 7.60. The Balaban J connectivity index is 2.08. The lowest BCUT2D eigenvalue weighted by Gasteiger charge is -2.23. The van der Waals surface area contributed by atoms with Crippen LogP contribution in [0.25, 0.3) is 0 Å². The number of thiazole rings is 1. The molecule has 2 amide bonds. The number of nitrogens with one attached hydrogen (secondary N) is 1. The van der Waals surface area contributed by atoms with E-state index in [1.165, 1.54) is 18.4 Å². The smallest absolute Gasteiger partial charge is 0.357 e. The Bertz CT molecular complexity index is 759. The van der Waals surface area contributed by atoms with Gasteiger partial charge in [-0.1, -0.05) is 13.8 Å². The standard InChI is InChI=1S/C19H25N3O4S/c1-13(2)9-10-22(11-17-21-16(12-27-17)18(23)26-4)19(24)20-14-5-7-15(25-3)8-6-14/h5-8,12-13H,9-11H2,1-4H3,(H,20,24). The van der Waals surface area contributed by atoms with E-state index in [0.717, 1.165) is 12.2 Å². The van der Waals surface area contributed by atoms with Crippen LogP contribution < -0.4 is 10.1 Å². The largest absolute Gasteiger partial charge is 0.497 e. The maximum Gasteiger partial charge on any atom is 0.357 e. The lowest BCUT2D eigenvalue weighted by molar-refractivity contribution is 0.0594. The lowest BCUT2D eigenvalue weighted by atomic mass is 10.1. The minimum Gasteiger partial charge on any atom is -0.497 e. The molecule has 2 rings (SSSR count). The summed E-state index contributed by atoms with van der Waals surface area (Å²) in [6.45, 7) is 5.14. The molecule has 7 nitrogen and oxygen atoms in total. The van der Waals surface area contributed by atoms with Crippen LogP contribution >= 0.6 is 11.3 Å². The van der Waals surface area contributed by atoms with Crippen LogP contribution in [0.1, 0.15) is 35.8 Å². The van der Waals surface area contributed by atoms with E-state index in [1.54, 1.807) is 41.7 Å². The van der Waals surface area contributed by atoms with Crippen molar-refractivity contribution >= 4 is 29.0 Å². The van der Waals surface area contributed by atoms with E-state index >= 15 is 0 Å². The van der Waals surface area contributed by atoms with E-state index in [0.29, 0.717) is 29.7 Å². The van der Waals surface area contributed by atoms with Crippen LogP contribution in [-0.4, -0.2) is 42.6 Å². The Hall–Kier alpha value is -2.61. The van der Waals surface area contributed by atoms with Crippen LogP contribution in [0.3, 0.4) is 0 Å². The first-order valence-corrected chi connectivity index (χ1v) is 9.53. The summed E-state index contributed by atoms with van der Waals surface area (Å²) in [6, 6.07) is 6.94. The highest BCUT2D eigenvalue weighted by atomic mass is 32.1. The molecule has 2 aromatic rings. The van der Waals surface area contributed by atoms with Crippen molar-refractivity contribution in [2.45, 2.75) is 26.8 Å². The van der Waals surface area contributed by atoms with Crippen LogP contribution in [-0.2, 0) is 11.3 Å². The molecule has 1 aromatic carbocycles. The number of carbonyl (C=O) groups is 2. The Labute approximate surface area is 163 Å². The first-order chi connectivity index (χ1) is 12.9. The van der Waals surface area contributed by atoms with E-state index in [1.807, 2.05) is 0 Å². The Morgan fingerprint density at radius 2 is 1.93 bits per heavy atom. The number of carbonyl (C=O) groups excluding carboxylic acids is 2. The van der Waals surface area contributed by atoms with Crippen molar-refractivity contribution in [2.75, 3.05) is 26.1 Å². The molecule has 0 aliphatic carbocycles. The van der Waals surface area contributed by atoms with Gasteiger partial charge in [-0.25, -0.2) is 14.6 Å². The number of aromatic nitrogens is 1. The molecule has 0 spiro atoms. The molecule has 0 saturated heterocycles. The molecule has 0 bridgehead atoms. The Morgan fingerprint density at radius 1 is 1.22 bits per heavy atom. The number of benzene rings is 1. The minimum atomic E-state index is -0.478. The molecule has 0 aliphatic rings. The van der Waals surface area contributed by atoms with Crippen molar-refractivity contribution < 1.29 is 19.1 Å². The summed E-state index contributed by atoms with van der Waals surface area (Å²) in [5.41, 5.74) is 0.946. The first-order valence-electron chi connectivity index (χ1n) is 8.65. The number of amides is 2. The zero-order valence-corrected chi connectivity index (χ0v) is 16.8. The van der Waals surface area contributed by atoms with Gasteiger partial charge in [0.15, 0.2) is 5.69 Å². The fraction of sp³-hybridized carbons (Fsp3) is 0.421. The van der Waals surface area contributed by atoms with Gasteiger partial charge in [0.2, 0.25) is 0 Å². The molecule has 1 heterocycles. The van der Waals surface area contributed by atoms with Gasteiger partial charge in [-0.2, -0.15) is 0 Å². The SMILES string of the molecule is COC(=O)c1csc(CN(CCC(C)C)C(=O)Nc2ccc(OC)cc2)n1. The highest BCUT2D eigenvalue weighted by Gasteiger charge is 2.18. The maximum absolute atomic E-state index is 12.7. The van der Waals surface area contributed by atoms with E-state index < -0.39 is 5.97 Å². The second-order valence-electron chi connectivity index (χ2n) is 6.38. The van der Waals surface area contributed by atoms with Crippen molar-refractivity contribution in [3.05, 3.63) is 40.3 Å². The van der Waals surface area contributed by atoms with Gasteiger partial charge in [-0.05, 0) is 36.6 Å². The fourth-order valence-electron chi connectivity index (χ4n) is 2.29. The molecule has 0 fully saturated rings. The van der Waals surface area contributed by atoms with Crippen molar-refractivity contribution in [3.63, 3.8) is 0 Å². The second-order valence-corrected chi connectivity index (χ2v) is 7.32.